The predicted molar refractivity (Wildman–Crippen MR) is 200 cm³/mol. The molecule has 1 radical (unpaired) electrons. The van der Waals surface area contributed by atoms with Crippen LogP contribution in [0.5, 0.6) is 0 Å². The number of hydrogen-bond donors (Lipinski definition) is 0. The third kappa shape index (κ3) is 5.42. The Hall–Kier alpha value is -5.40. The van der Waals surface area contributed by atoms with Gasteiger partial charge in [0.15, 0.2) is 0 Å². The van der Waals surface area contributed by atoms with E-state index in [2.05, 4.69) is 66.0 Å². The summed E-state index contributed by atoms with van der Waals surface area (Å²) in [5.74, 6) is 0. The molecule has 6 aromatic heterocycles. The molecule has 0 amide bonds. The molecule has 0 aliphatic heterocycles. The first kappa shape index (κ1) is 31.8. The second-order valence-corrected chi connectivity index (χ2v) is 18.1. The average molecular weight is 844 g/mol. The van der Waals surface area contributed by atoms with E-state index in [1.165, 1.54) is 5.19 Å². The largest absolute Gasteiger partial charge is 0.486 e. The van der Waals surface area contributed by atoms with E-state index >= 15 is 0 Å². The minimum Gasteiger partial charge on any atom is -0.486 e. The molecule has 0 unspecified atom stereocenters. The first-order valence-electron chi connectivity index (χ1n) is 16.2. The van der Waals surface area contributed by atoms with Gasteiger partial charge in [0.25, 0.3) is 0 Å². The van der Waals surface area contributed by atoms with Crippen LogP contribution in [0, 0.1) is 12.1 Å². The summed E-state index contributed by atoms with van der Waals surface area (Å²) >= 11 is 0. The molecule has 10 aromatic rings. The fourth-order valence-corrected chi connectivity index (χ4v) is 7.97. The van der Waals surface area contributed by atoms with Crippen LogP contribution in [0.1, 0.15) is 0 Å². The van der Waals surface area contributed by atoms with Gasteiger partial charge in [0, 0.05) is 65.6 Å². The standard InChI is InChI=1S/C25H19N2O2Si.C17H10NO.Ir/c1-30(2,3)22-11-5-8-16-19-14-27-20(13-21(19)28-24(16)22)18-9-4-7-15-17-10-6-12-26-25(17)29-23(15)18;1-2-6-12(7-3-1)15-10-17-14(11-18-15)13-8-4-5-9-16(13)19-17;/h4-8,10-14H,1-3H3;1-6,8-11H;/q2*-1;. The van der Waals surface area contributed by atoms with Gasteiger partial charge >= 0.3 is 0 Å². The number of hydrogen-bond acceptors (Lipinski definition) is 6. The average Bonchev–Trinajstić information content (AvgIpc) is 3.82. The molecule has 0 aliphatic rings. The maximum atomic E-state index is 6.38. The van der Waals surface area contributed by atoms with Crippen LogP contribution in [0.3, 0.4) is 0 Å². The molecule has 10 rings (SSSR count). The number of furan rings is 3. The van der Waals surface area contributed by atoms with Crippen LogP contribution in [-0.4, -0.2) is 23.0 Å². The molecule has 6 nitrogen and oxygen atoms in total. The van der Waals surface area contributed by atoms with Crippen LogP contribution in [0.25, 0.3) is 88.5 Å². The number of fused-ring (bicyclic) bond motifs is 9. The Morgan fingerprint density at radius 1 is 0.540 bits per heavy atom. The summed E-state index contributed by atoms with van der Waals surface area (Å²) in [6, 6.07) is 40.6. The summed E-state index contributed by atoms with van der Waals surface area (Å²) in [5.41, 5.74) is 8.41. The van der Waals surface area contributed by atoms with Gasteiger partial charge in [-0.25, -0.2) is 4.98 Å². The maximum Gasteiger partial charge on any atom is 0.216 e. The third-order valence-electron chi connectivity index (χ3n) is 8.90. The summed E-state index contributed by atoms with van der Waals surface area (Å²) in [4.78, 5) is 13.6. The molecule has 8 heteroatoms. The first-order valence-corrected chi connectivity index (χ1v) is 19.7. The number of benzene rings is 4. The van der Waals surface area contributed by atoms with E-state index in [4.69, 9.17) is 18.2 Å². The van der Waals surface area contributed by atoms with Crippen LogP contribution >= 0.6 is 0 Å². The van der Waals surface area contributed by atoms with E-state index in [0.29, 0.717) is 5.71 Å². The summed E-state index contributed by atoms with van der Waals surface area (Å²) < 4.78 is 18.3. The van der Waals surface area contributed by atoms with Gasteiger partial charge in [0.05, 0.1) is 13.7 Å². The van der Waals surface area contributed by atoms with Gasteiger partial charge in [-0.3, -0.25) is 0 Å². The van der Waals surface area contributed by atoms with Crippen LogP contribution in [0.2, 0.25) is 19.6 Å². The third-order valence-corrected chi connectivity index (χ3v) is 10.9. The Bertz CT molecular complexity index is 2830. The number of nitrogens with zero attached hydrogens (tertiary/aromatic N) is 3. The van der Waals surface area contributed by atoms with Crippen molar-refractivity contribution in [3.05, 3.63) is 134 Å². The number of aromatic nitrogens is 3. The van der Waals surface area contributed by atoms with Crippen LogP contribution in [-0.2, 0) is 20.1 Å². The minimum atomic E-state index is -1.54. The fraction of sp³-hybridized carbons (Fsp3) is 0.0714. The molecule has 0 atom stereocenters. The Kier molecular flexibility index (Phi) is 7.95. The van der Waals surface area contributed by atoms with Crippen molar-refractivity contribution in [3.8, 4) is 22.5 Å². The summed E-state index contributed by atoms with van der Waals surface area (Å²) in [7, 11) is -1.54. The van der Waals surface area contributed by atoms with Crippen LogP contribution in [0.4, 0.5) is 0 Å². The normalized spacial score (nSPS) is 11.7. The molecule has 6 heterocycles. The monoisotopic (exact) mass is 844 g/mol. The molecule has 0 saturated heterocycles. The van der Waals surface area contributed by atoms with Gasteiger partial charge in [-0.2, -0.15) is 0 Å². The molecule has 0 saturated carbocycles. The van der Waals surface area contributed by atoms with Crippen LogP contribution < -0.4 is 5.19 Å². The molecule has 50 heavy (non-hydrogen) atoms. The van der Waals surface area contributed by atoms with Gasteiger partial charge in [0.2, 0.25) is 5.71 Å². The topological polar surface area (TPSA) is 78.1 Å². The maximum absolute atomic E-state index is 6.38. The Labute approximate surface area is 302 Å². The second kappa shape index (κ2) is 12.5. The summed E-state index contributed by atoms with van der Waals surface area (Å²) in [6.45, 7) is 7.01. The van der Waals surface area contributed by atoms with Gasteiger partial charge in [0.1, 0.15) is 22.3 Å². The van der Waals surface area contributed by atoms with Crippen molar-refractivity contribution in [1.29, 1.82) is 0 Å². The summed E-state index contributed by atoms with van der Waals surface area (Å²) in [5, 5.41) is 7.65. The molecular formula is C42H29IrN3O3Si-2. The van der Waals surface area contributed by atoms with E-state index in [9.17, 15) is 0 Å². The molecule has 0 fully saturated rings. The van der Waals surface area contributed by atoms with Gasteiger partial charge in [-0.05, 0) is 46.9 Å². The summed E-state index contributed by atoms with van der Waals surface area (Å²) in [6.07, 6.45) is 5.51. The van der Waals surface area contributed by atoms with E-state index in [1.807, 2.05) is 91.3 Å². The first-order chi connectivity index (χ1) is 23.9. The molecule has 4 aromatic carbocycles. The van der Waals surface area contributed by atoms with Gasteiger partial charge in [-0.15, -0.1) is 54.1 Å². The Morgan fingerprint density at radius 3 is 2.10 bits per heavy atom. The number of rotatable bonds is 3. The number of para-hydroxylation sites is 2. The van der Waals surface area contributed by atoms with Crippen molar-refractivity contribution >= 4 is 79.2 Å². The van der Waals surface area contributed by atoms with E-state index in [1.54, 1.807) is 6.20 Å². The molecule has 0 N–H and O–H groups in total. The SMILES string of the molecule is C[Si](C)(C)c1cccc2c1oc1cc(-c3[c-]ccc4c3oc3ncccc34)ncc12.[Ir].[c-]1ccccc1-c1cc2oc3ccccc3c2cn1. The van der Waals surface area contributed by atoms with Crippen molar-refractivity contribution in [2.24, 2.45) is 0 Å². The van der Waals surface area contributed by atoms with Crippen LogP contribution in [0.15, 0.2) is 135 Å². The smallest absolute Gasteiger partial charge is 0.216 e. The predicted octanol–water partition coefficient (Wildman–Crippen LogP) is 10.7. The van der Waals surface area contributed by atoms with E-state index in [0.717, 1.165) is 82.7 Å². The van der Waals surface area contributed by atoms with Crippen molar-refractivity contribution in [2.75, 3.05) is 0 Å². The Morgan fingerprint density at radius 2 is 1.26 bits per heavy atom. The van der Waals surface area contributed by atoms with Gasteiger partial charge < -0.3 is 23.2 Å². The minimum absolute atomic E-state index is 0. The van der Waals surface area contributed by atoms with Crippen molar-refractivity contribution in [1.82, 2.24) is 15.0 Å². The molecular weight excluding hydrogens is 815 g/mol. The molecule has 0 aliphatic carbocycles. The Balaban J connectivity index is 0.000000156. The zero-order chi connectivity index (χ0) is 33.1. The zero-order valence-electron chi connectivity index (χ0n) is 27.4. The quantitative estimate of drug-likeness (QED) is 0.130. The van der Waals surface area contributed by atoms with E-state index < -0.39 is 8.07 Å². The number of pyridine rings is 3. The molecule has 0 spiro atoms. The van der Waals surface area contributed by atoms with Crippen molar-refractivity contribution in [2.45, 2.75) is 19.6 Å². The molecule has 245 valence electrons. The van der Waals surface area contributed by atoms with Crippen molar-refractivity contribution in [3.63, 3.8) is 0 Å². The zero-order valence-corrected chi connectivity index (χ0v) is 30.8. The van der Waals surface area contributed by atoms with E-state index in [-0.39, 0.29) is 20.1 Å². The second-order valence-electron chi connectivity index (χ2n) is 13.1. The van der Waals surface area contributed by atoms with Gasteiger partial charge in [-0.1, -0.05) is 67.0 Å². The fourth-order valence-electron chi connectivity index (χ4n) is 6.51. The van der Waals surface area contributed by atoms with Crippen molar-refractivity contribution < 1.29 is 33.4 Å². The molecule has 0 bridgehead atoms.